The molecule has 48 valence electrons. The molecule has 2 rings (SSSR count). The summed E-state index contributed by atoms with van der Waals surface area (Å²) in [5.74, 6) is 6.58. The largest absolute Gasteiger partial charge is 0.0886 e. The van der Waals surface area contributed by atoms with Crippen molar-refractivity contribution in [3.8, 4) is 0 Å². The average molecular weight is 164 g/mol. The van der Waals surface area contributed by atoms with Crippen molar-refractivity contribution in [3.05, 3.63) is 29.4 Å². The van der Waals surface area contributed by atoms with Gasteiger partial charge in [0.15, 0.2) is 0 Å². The van der Waals surface area contributed by atoms with Crippen LogP contribution in [0.25, 0.3) is 0 Å². The van der Waals surface area contributed by atoms with Gasteiger partial charge in [0.25, 0.3) is 0 Å². The van der Waals surface area contributed by atoms with Crippen molar-refractivity contribution in [3.63, 3.8) is 0 Å². The number of fused-ring (bicyclic) bond motifs is 1. The molecule has 2 heterocycles. The second kappa shape index (κ2) is 2.60. The molecule has 0 saturated carbocycles. The Morgan fingerprint density at radius 2 is 2.40 bits per heavy atom. The first kappa shape index (κ1) is 6.20. The first-order valence-electron chi connectivity index (χ1n) is 3.09. The summed E-state index contributed by atoms with van der Waals surface area (Å²) in [4.78, 5) is 0. The van der Waals surface area contributed by atoms with E-state index in [0.29, 0.717) is 0 Å². The Morgan fingerprint density at radius 3 is 3.30 bits per heavy atom. The Hall–Kier alpha value is -0.530. The van der Waals surface area contributed by atoms with Crippen LogP contribution in [0.3, 0.4) is 0 Å². The smallest absolute Gasteiger partial charge is 0.0120 e. The maximum absolute atomic E-state index is 3.34. The predicted octanol–water partition coefficient (Wildman–Crippen LogP) is 2.40. The number of hydrogen-bond donors (Lipinski definition) is 0. The lowest BCUT2D eigenvalue weighted by Gasteiger charge is -1.99. The molecule has 0 aromatic heterocycles. The van der Waals surface area contributed by atoms with Crippen molar-refractivity contribution >= 4 is 32.4 Å². The zero-order chi connectivity index (χ0) is 6.81. The molecule has 2 aliphatic heterocycles. The third-order valence-corrected chi connectivity index (χ3v) is 4.19. The lowest BCUT2D eigenvalue weighted by molar-refractivity contribution is 2.01. The molecule has 1 atom stereocenters. The zero-order valence-electron chi connectivity index (χ0n) is 5.36. The summed E-state index contributed by atoms with van der Waals surface area (Å²) in [5.41, 5.74) is 3.34. The molecular formula is C8H6P2. The molecule has 0 saturated heterocycles. The van der Waals surface area contributed by atoms with Gasteiger partial charge >= 0.3 is 0 Å². The van der Waals surface area contributed by atoms with Gasteiger partial charge in [0, 0.05) is 11.1 Å². The molecule has 2 heteroatoms. The van der Waals surface area contributed by atoms with Crippen LogP contribution in [0, 0.1) is 0 Å². The summed E-state index contributed by atoms with van der Waals surface area (Å²) in [5, 5.41) is 1.45. The van der Waals surface area contributed by atoms with E-state index in [1.54, 1.807) is 0 Å². The van der Waals surface area contributed by atoms with E-state index in [-0.39, 0.29) is 7.17 Å². The molecule has 10 heavy (non-hydrogen) atoms. The van der Waals surface area contributed by atoms with Crippen LogP contribution in [0.5, 0.6) is 0 Å². The van der Waals surface area contributed by atoms with Crippen LogP contribution < -0.4 is 0 Å². The molecule has 0 radical (unpaired) electrons. The molecule has 0 spiro atoms. The van der Waals surface area contributed by atoms with Crippen LogP contribution in [0.2, 0.25) is 0 Å². The van der Waals surface area contributed by atoms with E-state index >= 15 is 0 Å². The Bertz CT molecular complexity index is 355. The van der Waals surface area contributed by atoms with Gasteiger partial charge in [-0.05, 0) is 24.8 Å². The molecular weight excluding hydrogens is 158 g/mol. The fourth-order valence-electron chi connectivity index (χ4n) is 0.888. The molecule has 1 unspecified atom stereocenters. The van der Waals surface area contributed by atoms with Crippen molar-refractivity contribution in [2.45, 2.75) is 0 Å². The summed E-state index contributed by atoms with van der Waals surface area (Å²) in [6.45, 7) is 0. The van der Waals surface area contributed by atoms with E-state index in [1.807, 2.05) is 0 Å². The van der Waals surface area contributed by atoms with Gasteiger partial charge in [-0.15, -0.1) is 0 Å². The van der Waals surface area contributed by atoms with E-state index in [9.17, 15) is 0 Å². The molecule has 0 fully saturated rings. The van der Waals surface area contributed by atoms with Crippen LogP contribution >= 0.6 is 15.4 Å². The van der Waals surface area contributed by atoms with Crippen molar-refractivity contribution < 1.29 is 0 Å². The van der Waals surface area contributed by atoms with Gasteiger partial charge in [-0.3, -0.25) is 0 Å². The van der Waals surface area contributed by atoms with Crippen LogP contribution in [-0.4, -0.2) is 17.0 Å². The highest BCUT2D eigenvalue weighted by atomic mass is 31.1. The lowest BCUT2D eigenvalue weighted by atomic mass is 10.4. The highest BCUT2D eigenvalue weighted by Crippen LogP contribution is 2.26. The number of rotatable bonds is 0. The van der Waals surface area contributed by atoms with Crippen LogP contribution in [0.4, 0.5) is 0 Å². The quantitative estimate of drug-likeness (QED) is 0.482. The Balaban J connectivity index is 2.76. The Morgan fingerprint density at radius 1 is 1.40 bits per heavy atom. The maximum atomic E-state index is 3.34. The fraction of sp³-hybridized carbons (Fsp3) is 0. The Labute approximate surface area is 62.4 Å². The highest BCUT2D eigenvalue weighted by Gasteiger charge is 1.94. The second-order valence-corrected chi connectivity index (χ2v) is 4.66. The maximum Gasteiger partial charge on any atom is 0.0120 e. The lowest BCUT2D eigenvalue weighted by Crippen LogP contribution is -1.79. The van der Waals surface area contributed by atoms with E-state index in [4.69, 9.17) is 0 Å². The SMILES string of the molecule is C1=CP=CC2=CC=CC=P=12. The Kier molecular flexibility index (Phi) is 1.61. The van der Waals surface area contributed by atoms with Gasteiger partial charge in [0.05, 0.1) is 0 Å². The van der Waals surface area contributed by atoms with Crippen molar-refractivity contribution in [1.82, 2.24) is 0 Å². The van der Waals surface area contributed by atoms with E-state index in [2.05, 4.69) is 41.1 Å². The fourth-order valence-corrected chi connectivity index (χ4v) is 3.59. The third kappa shape index (κ3) is 1.02. The molecule has 0 N–H and O–H groups in total. The molecule has 0 aromatic carbocycles. The standard InChI is InChI=1S/C8H6P2/c1-2-5-10-6-4-9-7-8(10)3-1/h1-5,7H. The normalized spacial score (nSPS) is 24.4. The first-order valence-corrected chi connectivity index (χ1v) is 5.53. The molecule has 0 amide bonds. The highest BCUT2D eigenvalue weighted by molar-refractivity contribution is 7.66. The topological polar surface area (TPSA) is 0 Å². The van der Waals surface area contributed by atoms with Gasteiger partial charge in [-0.1, -0.05) is 25.8 Å². The minimum atomic E-state index is -0.165. The van der Waals surface area contributed by atoms with Gasteiger partial charge in [-0.25, -0.2) is 0 Å². The number of allylic oxidation sites excluding steroid dienone is 4. The molecule has 0 nitrogen and oxygen atoms in total. The summed E-state index contributed by atoms with van der Waals surface area (Å²) < 4.78 is 0. The molecule has 0 aromatic rings. The zero-order valence-corrected chi connectivity index (χ0v) is 7.15. The summed E-state index contributed by atoms with van der Waals surface area (Å²) in [7, 11) is 1.11. The molecule has 0 bridgehead atoms. The van der Waals surface area contributed by atoms with E-state index in [1.165, 1.54) is 13.5 Å². The monoisotopic (exact) mass is 164 g/mol. The van der Waals surface area contributed by atoms with Crippen molar-refractivity contribution in [2.24, 2.45) is 0 Å². The average Bonchev–Trinajstić information content (AvgIpc) is 2.05. The van der Waals surface area contributed by atoms with Crippen molar-refractivity contribution in [1.29, 1.82) is 0 Å². The van der Waals surface area contributed by atoms with Gasteiger partial charge in [-0.2, -0.15) is 0 Å². The molecule has 0 aliphatic carbocycles. The summed E-state index contributed by atoms with van der Waals surface area (Å²) in [6.07, 6.45) is 6.37. The van der Waals surface area contributed by atoms with Crippen LogP contribution in [-0.2, 0) is 0 Å². The second-order valence-electron chi connectivity index (χ2n) is 2.03. The van der Waals surface area contributed by atoms with Gasteiger partial charge in [0.1, 0.15) is 0 Å². The van der Waals surface area contributed by atoms with Crippen molar-refractivity contribution in [2.75, 3.05) is 0 Å². The minimum absolute atomic E-state index is 0.165. The molecule has 2 aliphatic rings. The minimum Gasteiger partial charge on any atom is -0.0886 e. The summed E-state index contributed by atoms with van der Waals surface area (Å²) >= 11 is 0. The van der Waals surface area contributed by atoms with Crippen LogP contribution in [0.1, 0.15) is 0 Å². The predicted molar refractivity (Wildman–Crippen MR) is 52.8 cm³/mol. The van der Waals surface area contributed by atoms with E-state index < -0.39 is 0 Å². The third-order valence-electron chi connectivity index (χ3n) is 1.37. The van der Waals surface area contributed by atoms with Crippen LogP contribution in [0.15, 0.2) is 29.4 Å². The first-order chi connectivity index (χ1) is 4.97. The number of hydrogen-bond acceptors (Lipinski definition) is 0. The summed E-state index contributed by atoms with van der Waals surface area (Å²) in [6, 6.07) is 0. The van der Waals surface area contributed by atoms with Gasteiger partial charge in [0.2, 0.25) is 0 Å². The van der Waals surface area contributed by atoms with Gasteiger partial charge < -0.3 is 0 Å². The van der Waals surface area contributed by atoms with E-state index in [0.717, 1.165) is 0 Å².